The second-order valence-electron chi connectivity index (χ2n) is 6.24. The Morgan fingerprint density at radius 2 is 2.00 bits per heavy atom. The fraction of sp³-hybridized carbons (Fsp3) is 0.316. The number of halogens is 1. The van der Waals surface area contributed by atoms with Gasteiger partial charge in [-0.1, -0.05) is 32.0 Å². The summed E-state index contributed by atoms with van der Waals surface area (Å²) in [6.07, 6.45) is 0. The van der Waals surface area contributed by atoms with Crippen molar-refractivity contribution in [2.45, 2.75) is 33.2 Å². The minimum absolute atomic E-state index is 0.322. The lowest BCUT2D eigenvalue weighted by Crippen LogP contribution is -2.11. The van der Waals surface area contributed by atoms with Crippen LogP contribution in [0, 0.1) is 12.7 Å². The van der Waals surface area contributed by atoms with Gasteiger partial charge >= 0.3 is 0 Å². The van der Waals surface area contributed by atoms with Crippen molar-refractivity contribution >= 4 is 0 Å². The molecule has 25 heavy (non-hydrogen) atoms. The zero-order valence-corrected chi connectivity index (χ0v) is 14.6. The van der Waals surface area contributed by atoms with Crippen LogP contribution in [0.3, 0.4) is 0 Å². The van der Waals surface area contributed by atoms with Crippen molar-refractivity contribution in [3.8, 4) is 17.1 Å². The molecule has 0 unspecified atom stereocenters. The first-order valence-electron chi connectivity index (χ1n) is 8.30. The van der Waals surface area contributed by atoms with Gasteiger partial charge in [-0.05, 0) is 53.4 Å². The molecule has 0 spiro atoms. The summed E-state index contributed by atoms with van der Waals surface area (Å²) in [5.41, 5.74) is 3.15. The van der Waals surface area contributed by atoms with E-state index in [0.717, 1.165) is 5.75 Å². The molecule has 0 aliphatic heterocycles. The van der Waals surface area contributed by atoms with Crippen molar-refractivity contribution in [2.75, 3.05) is 6.61 Å². The van der Waals surface area contributed by atoms with Gasteiger partial charge in [-0.25, -0.2) is 4.39 Å². The molecule has 130 valence electrons. The zero-order valence-electron chi connectivity index (χ0n) is 14.6. The smallest absolute Gasteiger partial charge is 0.205 e. The Kier molecular flexibility index (Phi) is 5.07. The minimum atomic E-state index is -0.322. The van der Waals surface area contributed by atoms with Gasteiger partial charge in [0, 0.05) is 5.56 Å². The highest BCUT2D eigenvalue weighted by atomic mass is 19.1. The highest BCUT2D eigenvalue weighted by molar-refractivity contribution is 5.53. The number of benzene rings is 2. The fourth-order valence-corrected chi connectivity index (χ4v) is 2.71. The quantitative estimate of drug-likeness (QED) is 0.681. The van der Waals surface area contributed by atoms with E-state index in [1.807, 2.05) is 12.1 Å². The predicted molar refractivity (Wildman–Crippen MR) is 94.0 cm³/mol. The molecule has 0 amide bonds. The number of tetrazole rings is 1. The largest absolute Gasteiger partial charge is 0.492 e. The van der Waals surface area contributed by atoms with Gasteiger partial charge in [0.05, 0.1) is 6.54 Å². The Bertz CT molecular complexity index is 860. The van der Waals surface area contributed by atoms with Crippen LogP contribution >= 0.6 is 0 Å². The molecule has 3 aromatic rings. The second-order valence-corrected chi connectivity index (χ2v) is 6.24. The molecule has 0 fully saturated rings. The van der Waals surface area contributed by atoms with Crippen LogP contribution in [0.25, 0.3) is 11.4 Å². The third kappa shape index (κ3) is 4.21. The topological polar surface area (TPSA) is 52.8 Å². The highest BCUT2D eigenvalue weighted by Gasteiger charge is 2.08. The Balaban J connectivity index is 1.59. The lowest BCUT2D eigenvalue weighted by Gasteiger charge is -2.12. The molecule has 0 aliphatic carbocycles. The van der Waals surface area contributed by atoms with Crippen molar-refractivity contribution in [1.29, 1.82) is 0 Å². The first kappa shape index (κ1) is 17.1. The van der Waals surface area contributed by atoms with Crippen LogP contribution in [-0.4, -0.2) is 26.8 Å². The summed E-state index contributed by atoms with van der Waals surface area (Å²) in [4.78, 5) is 1.45. The van der Waals surface area contributed by atoms with E-state index < -0.39 is 0 Å². The van der Waals surface area contributed by atoms with E-state index in [2.05, 4.69) is 42.2 Å². The molecule has 1 aromatic heterocycles. The van der Waals surface area contributed by atoms with Crippen LogP contribution in [-0.2, 0) is 6.54 Å². The third-order valence-corrected chi connectivity index (χ3v) is 3.96. The summed E-state index contributed by atoms with van der Waals surface area (Å²) >= 11 is 0. The van der Waals surface area contributed by atoms with E-state index in [1.165, 1.54) is 28.1 Å². The van der Waals surface area contributed by atoms with Gasteiger partial charge in [-0.2, -0.15) is 4.80 Å². The molecule has 2 aromatic carbocycles. The molecule has 0 atom stereocenters. The van der Waals surface area contributed by atoms with Gasteiger partial charge in [0.1, 0.15) is 18.2 Å². The molecule has 0 saturated heterocycles. The first-order chi connectivity index (χ1) is 12.0. The average molecular weight is 340 g/mol. The van der Waals surface area contributed by atoms with Crippen LogP contribution in [0.15, 0.2) is 42.5 Å². The Morgan fingerprint density at radius 3 is 2.72 bits per heavy atom. The van der Waals surface area contributed by atoms with Crippen molar-refractivity contribution in [2.24, 2.45) is 0 Å². The number of aryl methyl sites for hydroxylation is 1. The van der Waals surface area contributed by atoms with E-state index in [9.17, 15) is 4.39 Å². The Labute approximate surface area is 146 Å². The van der Waals surface area contributed by atoms with Gasteiger partial charge in [0.25, 0.3) is 0 Å². The summed E-state index contributed by atoms with van der Waals surface area (Å²) in [7, 11) is 0. The minimum Gasteiger partial charge on any atom is -0.492 e. The maximum atomic E-state index is 13.3. The number of nitrogens with zero attached hydrogens (tertiary/aromatic N) is 4. The van der Waals surface area contributed by atoms with Gasteiger partial charge in [-0.3, -0.25) is 0 Å². The molecule has 0 saturated carbocycles. The SMILES string of the molecule is Cc1cc(OCCn2nnc(-c3cccc(F)c3)n2)ccc1C(C)C. The maximum Gasteiger partial charge on any atom is 0.205 e. The molecular formula is C19H21FN4O. The molecular weight excluding hydrogens is 319 g/mol. The van der Waals surface area contributed by atoms with Crippen LogP contribution in [0.2, 0.25) is 0 Å². The van der Waals surface area contributed by atoms with Crippen molar-refractivity contribution < 1.29 is 9.13 Å². The van der Waals surface area contributed by atoms with E-state index >= 15 is 0 Å². The van der Waals surface area contributed by atoms with Gasteiger partial charge in [-0.15, -0.1) is 10.2 Å². The molecule has 0 aliphatic rings. The fourth-order valence-electron chi connectivity index (χ4n) is 2.71. The Hall–Kier alpha value is -2.76. The molecule has 3 rings (SSSR count). The third-order valence-electron chi connectivity index (χ3n) is 3.96. The average Bonchev–Trinajstić information content (AvgIpc) is 3.03. The number of hydrogen-bond donors (Lipinski definition) is 0. The normalized spacial score (nSPS) is 11.1. The molecule has 5 nitrogen and oxygen atoms in total. The van der Waals surface area contributed by atoms with Crippen LogP contribution < -0.4 is 4.74 Å². The van der Waals surface area contributed by atoms with Crippen molar-refractivity contribution in [1.82, 2.24) is 20.2 Å². The van der Waals surface area contributed by atoms with Gasteiger partial charge in [0.2, 0.25) is 5.82 Å². The standard InChI is InChI=1S/C19H21FN4O/c1-13(2)18-8-7-17(11-14(18)3)25-10-9-24-22-19(21-23-24)15-5-4-6-16(20)12-15/h4-8,11-13H,9-10H2,1-3H3. The van der Waals surface area contributed by atoms with Crippen molar-refractivity contribution in [3.05, 3.63) is 59.4 Å². The summed E-state index contributed by atoms with van der Waals surface area (Å²) in [5, 5.41) is 12.2. The maximum absolute atomic E-state index is 13.3. The zero-order chi connectivity index (χ0) is 17.8. The molecule has 0 bridgehead atoms. The first-order valence-corrected chi connectivity index (χ1v) is 8.30. The van der Waals surface area contributed by atoms with Gasteiger partial charge < -0.3 is 4.74 Å². The molecule has 6 heteroatoms. The van der Waals surface area contributed by atoms with E-state index in [0.29, 0.717) is 30.5 Å². The molecule has 0 radical (unpaired) electrons. The predicted octanol–water partition coefficient (Wildman–Crippen LogP) is 3.99. The van der Waals surface area contributed by atoms with Crippen LogP contribution in [0.5, 0.6) is 5.75 Å². The van der Waals surface area contributed by atoms with E-state index in [-0.39, 0.29) is 5.82 Å². The molecule has 1 heterocycles. The van der Waals surface area contributed by atoms with Crippen LogP contribution in [0.1, 0.15) is 30.9 Å². The number of rotatable bonds is 6. The molecule has 0 N–H and O–H groups in total. The number of hydrogen-bond acceptors (Lipinski definition) is 4. The summed E-state index contributed by atoms with van der Waals surface area (Å²) in [6, 6.07) is 12.3. The van der Waals surface area contributed by atoms with Gasteiger partial charge in [0.15, 0.2) is 0 Å². The van der Waals surface area contributed by atoms with Crippen LogP contribution in [0.4, 0.5) is 4.39 Å². The second kappa shape index (κ2) is 7.42. The Morgan fingerprint density at radius 1 is 1.16 bits per heavy atom. The summed E-state index contributed by atoms with van der Waals surface area (Å²) in [5.74, 6) is 1.40. The summed E-state index contributed by atoms with van der Waals surface area (Å²) in [6.45, 7) is 7.34. The van der Waals surface area contributed by atoms with Crippen molar-refractivity contribution in [3.63, 3.8) is 0 Å². The van der Waals surface area contributed by atoms with E-state index in [1.54, 1.807) is 12.1 Å². The lowest BCUT2D eigenvalue weighted by atomic mass is 9.98. The number of ether oxygens (including phenoxy) is 1. The highest BCUT2D eigenvalue weighted by Crippen LogP contribution is 2.23. The monoisotopic (exact) mass is 340 g/mol. The lowest BCUT2D eigenvalue weighted by molar-refractivity contribution is 0.280. The summed E-state index contributed by atoms with van der Waals surface area (Å²) < 4.78 is 19.0. The van der Waals surface area contributed by atoms with E-state index in [4.69, 9.17) is 4.74 Å². The number of aromatic nitrogens is 4.